The van der Waals surface area contributed by atoms with Crippen LogP contribution in [0.25, 0.3) is 0 Å². The molecular formula is H13CoNO8. The third-order valence-electron chi connectivity index (χ3n) is 0. The molecule has 0 aliphatic carbocycles. The van der Waals surface area contributed by atoms with Crippen molar-refractivity contribution in [3.8, 4) is 0 Å². The average Bonchev–Trinajstić information content (AvgIpc) is 0.918. The molecule has 0 saturated heterocycles. The predicted molar refractivity (Wildman–Crippen MR) is 29.4 cm³/mol. The average molecular weight is 214 g/mol. The van der Waals surface area contributed by atoms with E-state index in [4.69, 9.17) is 10.1 Å². The van der Waals surface area contributed by atoms with Crippen molar-refractivity contribution in [2.45, 2.75) is 0 Å². The molecule has 0 heterocycles. The fraction of sp³-hybridized carbons (Fsp3) is 0. The van der Waals surface area contributed by atoms with E-state index in [0.717, 1.165) is 0 Å². The number of rotatable bonds is 0. The van der Waals surface area contributed by atoms with Crippen LogP contribution >= 0.6 is 0 Å². The molecule has 0 aromatic carbocycles. The van der Waals surface area contributed by atoms with Crippen LogP contribution in [0.15, 0.2) is 0 Å². The molecule has 13 N–H and O–H groups in total. The SMILES string of the molecule is O.O.O.O.O.O.O=[NH+][O-].[Co]. The van der Waals surface area contributed by atoms with Crippen LogP contribution < -0.4 is 5.34 Å². The van der Waals surface area contributed by atoms with Crippen LogP contribution in [0.1, 0.15) is 0 Å². The first-order chi connectivity index (χ1) is 1.41. The second-order valence-corrected chi connectivity index (χ2v) is 0.0833. The van der Waals surface area contributed by atoms with Crippen molar-refractivity contribution in [1.29, 1.82) is 0 Å². The molecule has 0 saturated carbocycles. The first kappa shape index (κ1) is 261. The molecule has 0 aliphatic rings. The molecule has 10 heteroatoms. The molecule has 0 fully saturated rings. The van der Waals surface area contributed by atoms with Gasteiger partial charge >= 0.3 is 0 Å². The fourth-order valence-electron chi connectivity index (χ4n) is 0. The molecular weight excluding hydrogens is 201 g/mol. The molecule has 0 aromatic rings. The summed E-state index contributed by atoms with van der Waals surface area (Å²) in [6.45, 7) is 0. The zero-order chi connectivity index (χ0) is 2.71. The van der Waals surface area contributed by atoms with Crippen molar-refractivity contribution >= 4 is 0 Å². The summed E-state index contributed by atoms with van der Waals surface area (Å²) in [4.78, 5) is 8.12. The molecule has 9 nitrogen and oxygen atoms in total. The van der Waals surface area contributed by atoms with Gasteiger partial charge in [-0.05, 0) is 0 Å². The van der Waals surface area contributed by atoms with Gasteiger partial charge in [-0.25, -0.2) is 0 Å². The predicted octanol–water partition coefficient (Wildman–Crippen LogP) is -6.62. The van der Waals surface area contributed by atoms with Crippen molar-refractivity contribution in [2.75, 3.05) is 0 Å². The Hall–Kier alpha value is -0.334. The Kier molecular flexibility index (Phi) is 30000. The summed E-state index contributed by atoms with van der Waals surface area (Å²) in [6.07, 6.45) is 0. The monoisotopic (exact) mass is 214 g/mol. The Morgan fingerprint density at radius 1 is 0.800 bits per heavy atom. The molecule has 0 rings (SSSR count). The first-order valence-electron chi connectivity index (χ1n) is 0.408. The Bertz CT molecular complexity index is 16.7. The number of hydrogen-bond acceptors (Lipinski definition) is 2. The summed E-state index contributed by atoms with van der Waals surface area (Å²) in [5.74, 6) is 0. The zero-order valence-electron chi connectivity index (χ0n) is 4.65. The summed E-state index contributed by atoms with van der Waals surface area (Å²) < 4.78 is 0. The summed E-state index contributed by atoms with van der Waals surface area (Å²) in [6, 6.07) is 0. The smallest absolute Gasteiger partial charge is 0.00366 e. The number of hydrogen-bond donors (Lipinski definition) is 1. The van der Waals surface area contributed by atoms with Crippen molar-refractivity contribution < 1.29 is 55.0 Å². The Balaban J connectivity index is -0.000000000952. The van der Waals surface area contributed by atoms with Crippen molar-refractivity contribution in [3.63, 3.8) is 0 Å². The fourth-order valence-corrected chi connectivity index (χ4v) is 0. The van der Waals surface area contributed by atoms with Gasteiger partial charge in [0.15, 0.2) is 0 Å². The van der Waals surface area contributed by atoms with Crippen LogP contribution in [0.5, 0.6) is 0 Å². The third kappa shape index (κ3) is 3060. The second-order valence-electron chi connectivity index (χ2n) is 0.0833. The van der Waals surface area contributed by atoms with Crippen molar-refractivity contribution in [1.82, 2.24) is 0 Å². The zero-order valence-corrected chi connectivity index (χ0v) is 5.69. The van der Waals surface area contributed by atoms with Gasteiger partial charge in [0.2, 0.25) is 0 Å². The van der Waals surface area contributed by atoms with Crippen LogP contribution in [0, 0.1) is 10.1 Å². The minimum Gasteiger partial charge on any atom is -0.412 e. The quantitative estimate of drug-likeness (QED) is 0.305. The van der Waals surface area contributed by atoms with Crippen LogP contribution in [0.2, 0.25) is 0 Å². The summed E-state index contributed by atoms with van der Waals surface area (Å²) >= 11 is 0. The normalized spacial score (nSPS) is 1.20. The van der Waals surface area contributed by atoms with E-state index in [-0.39, 0.29) is 55.0 Å². The van der Waals surface area contributed by atoms with Gasteiger partial charge in [-0.2, -0.15) is 0 Å². The molecule has 0 atom stereocenters. The minimum atomic E-state index is 0. The summed E-state index contributed by atoms with van der Waals surface area (Å²) in [7, 11) is 0. The molecule has 0 bridgehead atoms. The number of nitrogens with one attached hydrogen (secondary N) is 1. The first-order valence-corrected chi connectivity index (χ1v) is 0.408. The van der Waals surface area contributed by atoms with E-state index in [1.807, 2.05) is 0 Å². The van der Waals surface area contributed by atoms with E-state index in [1.54, 1.807) is 0 Å². The van der Waals surface area contributed by atoms with Gasteiger partial charge in [0.1, 0.15) is 0 Å². The van der Waals surface area contributed by atoms with E-state index in [0.29, 0.717) is 0 Å². The molecule has 0 aromatic heterocycles. The maximum absolute atomic E-state index is 8.12. The molecule has 0 unspecified atom stereocenters. The van der Waals surface area contributed by atoms with E-state index in [2.05, 4.69) is 0 Å². The maximum Gasteiger partial charge on any atom is 0.00366 e. The Morgan fingerprint density at radius 3 is 0.800 bits per heavy atom. The van der Waals surface area contributed by atoms with Crippen LogP contribution in [-0.4, -0.2) is 32.9 Å². The summed E-state index contributed by atoms with van der Waals surface area (Å²) in [5.41, 5.74) is 0. The minimum absolute atomic E-state index is 0. The van der Waals surface area contributed by atoms with Gasteiger partial charge in [0.05, 0.1) is 0 Å². The van der Waals surface area contributed by atoms with E-state index in [9.17, 15) is 0 Å². The van der Waals surface area contributed by atoms with E-state index < -0.39 is 0 Å². The van der Waals surface area contributed by atoms with Gasteiger partial charge in [-0.15, -0.1) is 0 Å². The molecule has 10 heavy (non-hydrogen) atoms. The molecule has 0 spiro atoms. The van der Waals surface area contributed by atoms with Crippen LogP contribution in [-0.2, 0) is 16.8 Å². The summed E-state index contributed by atoms with van der Waals surface area (Å²) in [5, 5.41) is 8.38. The van der Waals surface area contributed by atoms with Crippen LogP contribution in [0.4, 0.5) is 0 Å². The van der Waals surface area contributed by atoms with Crippen molar-refractivity contribution in [2.24, 2.45) is 0 Å². The van der Waals surface area contributed by atoms with Gasteiger partial charge in [-0.3, -0.25) is 10.1 Å². The molecule has 0 aliphatic heterocycles. The van der Waals surface area contributed by atoms with Crippen molar-refractivity contribution in [3.05, 3.63) is 10.1 Å². The van der Waals surface area contributed by atoms with Gasteiger partial charge in [-0.1, -0.05) is 0 Å². The molecule has 1 radical (unpaired) electrons. The van der Waals surface area contributed by atoms with Gasteiger partial charge in [0, 0.05) is 22.1 Å². The Morgan fingerprint density at radius 2 is 0.800 bits per heavy atom. The topological polar surface area (TPSA) is 243 Å². The third-order valence-corrected chi connectivity index (χ3v) is 0. The maximum atomic E-state index is 8.12. The van der Waals surface area contributed by atoms with E-state index >= 15 is 0 Å². The molecule has 75 valence electrons. The van der Waals surface area contributed by atoms with Gasteiger partial charge in [0.25, 0.3) is 0 Å². The van der Waals surface area contributed by atoms with E-state index in [1.165, 1.54) is 0 Å². The second kappa shape index (κ2) is 1150. The molecule has 0 amide bonds. The Labute approximate surface area is 66.0 Å². The standard InChI is InChI=1S/Co.HNO2.6H2O/c;2-1-3;;;;;;/h;1H;6*1H2. The van der Waals surface area contributed by atoms with Gasteiger partial charge < -0.3 is 32.9 Å². The van der Waals surface area contributed by atoms with Crippen LogP contribution in [0.3, 0.4) is 0 Å². The largest absolute Gasteiger partial charge is 0.412 e.